The van der Waals surface area contributed by atoms with Gasteiger partial charge in [0.25, 0.3) is 0 Å². The lowest BCUT2D eigenvalue weighted by Crippen LogP contribution is -2.56. The van der Waals surface area contributed by atoms with Gasteiger partial charge in [-0.3, -0.25) is 13.9 Å². The average Bonchev–Trinajstić information content (AvgIpc) is 2.97. The molecule has 0 bridgehead atoms. The zero-order valence-electron chi connectivity index (χ0n) is 24.9. The van der Waals surface area contributed by atoms with Gasteiger partial charge in [0.15, 0.2) is 11.5 Å². The molecular weight excluding hydrogens is 590 g/mol. The second kappa shape index (κ2) is 13.7. The van der Waals surface area contributed by atoms with Gasteiger partial charge in [-0.1, -0.05) is 54.1 Å². The maximum Gasteiger partial charge on any atom is 0.244 e. The van der Waals surface area contributed by atoms with E-state index in [9.17, 15) is 18.0 Å². The Labute approximate surface area is 258 Å². The van der Waals surface area contributed by atoms with Crippen LogP contribution >= 0.6 is 11.6 Å². The molecule has 43 heavy (non-hydrogen) atoms. The minimum atomic E-state index is -3.91. The van der Waals surface area contributed by atoms with Gasteiger partial charge >= 0.3 is 0 Å². The Kier molecular flexibility index (Phi) is 10.2. The van der Waals surface area contributed by atoms with Crippen LogP contribution in [0.4, 0.5) is 5.69 Å². The molecule has 0 unspecified atom stereocenters. The zero-order chi connectivity index (χ0) is 31.2. The normalized spacial score (nSPS) is 13.6. The molecule has 0 aromatic heterocycles. The molecule has 0 radical (unpaired) electrons. The second-order valence-electron chi connectivity index (χ2n) is 11.3. The van der Waals surface area contributed by atoms with E-state index in [4.69, 9.17) is 21.1 Å². The number of amides is 2. The molecule has 0 spiro atoms. The fourth-order valence-electron chi connectivity index (χ4n) is 4.70. The SMILES string of the molecule is CCS(=O)(=O)N(CC(=O)N(Cc1ccc(Cl)cc1)[C@@H](Cc1ccccc1)C(=O)NC(C)(C)C)c1ccc2c(c1)OCCO2. The molecule has 0 saturated heterocycles. The summed E-state index contributed by atoms with van der Waals surface area (Å²) in [5, 5.41) is 3.55. The molecule has 4 rings (SSSR count). The van der Waals surface area contributed by atoms with Gasteiger partial charge < -0.3 is 19.7 Å². The molecule has 1 heterocycles. The van der Waals surface area contributed by atoms with Crippen LogP contribution in [0.2, 0.25) is 5.02 Å². The highest BCUT2D eigenvalue weighted by Gasteiger charge is 2.35. The number of anilines is 1. The predicted octanol–water partition coefficient (Wildman–Crippen LogP) is 4.82. The molecule has 3 aromatic carbocycles. The molecule has 0 fully saturated rings. The number of nitrogens with zero attached hydrogens (tertiary/aromatic N) is 2. The van der Waals surface area contributed by atoms with Gasteiger partial charge in [0, 0.05) is 29.6 Å². The summed E-state index contributed by atoms with van der Waals surface area (Å²) < 4.78 is 39.1. The summed E-state index contributed by atoms with van der Waals surface area (Å²) in [5.74, 6) is -0.211. The summed E-state index contributed by atoms with van der Waals surface area (Å²) in [7, 11) is -3.91. The Bertz CT molecular complexity index is 1520. The fraction of sp³-hybridized carbons (Fsp3) is 0.375. The molecule has 9 nitrogen and oxygen atoms in total. The van der Waals surface area contributed by atoms with Gasteiger partial charge in [-0.15, -0.1) is 0 Å². The Morgan fingerprint density at radius 1 is 0.930 bits per heavy atom. The van der Waals surface area contributed by atoms with Crippen LogP contribution in [0.15, 0.2) is 72.8 Å². The maximum absolute atomic E-state index is 14.3. The van der Waals surface area contributed by atoms with Gasteiger partial charge in [0.05, 0.1) is 11.4 Å². The minimum Gasteiger partial charge on any atom is -0.486 e. The summed E-state index contributed by atoms with van der Waals surface area (Å²) in [4.78, 5) is 29.6. The van der Waals surface area contributed by atoms with Crippen molar-refractivity contribution in [3.05, 3.63) is 88.9 Å². The first-order valence-corrected chi connectivity index (χ1v) is 16.1. The molecule has 2 amide bonds. The summed E-state index contributed by atoms with van der Waals surface area (Å²) >= 11 is 6.12. The molecule has 3 aromatic rings. The standard InChI is InChI=1S/C32H38ClN3O6S/c1-5-43(39,40)36(26-15-16-28-29(20-26)42-18-17-41-28)22-30(37)35(21-24-11-13-25(33)14-12-24)27(31(38)34-32(2,3)4)19-23-9-7-6-8-10-23/h6-16,20,27H,5,17-19,21-22H2,1-4H3,(H,34,38)/t27-/m0/s1. The van der Waals surface area contributed by atoms with E-state index in [1.807, 2.05) is 51.1 Å². The number of nitrogens with one attached hydrogen (secondary N) is 1. The van der Waals surface area contributed by atoms with Crippen molar-refractivity contribution in [2.75, 3.05) is 29.8 Å². The van der Waals surface area contributed by atoms with Crippen LogP contribution in [0, 0.1) is 0 Å². The zero-order valence-corrected chi connectivity index (χ0v) is 26.5. The largest absolute Gasteiger partial charge is 0.486 e. The first-order valence-electron chi connectivity index (χ1n) is 14.2. The van der Waals surface area contributed by atoms with Gasteiger partial charge in [-0.25, -0.2) is 8.42 Å². The molecule has 0 aliphatic carbocycles. The fourth-order valence-corrected chi connectivity index (χ4v) is 5.88. The third-order valence-electron chi connectivity index (χ3n) is 6.83. The van der Waals surface area contributed by atoms with Crippen LogP contribution < -0.4 is 19.1 Å². The third kappa shape index (κ3) is 8.64. The van der Waals surface area contributed by atoms with Gasteiger partial charge in [0.2, 0.25) is 21.8 Å². The van der Waals surface area contributed by atoms with E-state index in [-0.39, 0.29) is 30.3 Å². The first kappa shape index (κ1) is 32.2. The molecule has 11 heteroatoms. The molecule has 1 N–H and O–H groups in total. The van der Waals surface area contributed by atoms with Crippen LogP contribution in [0.3, 0.4) is 0 Å². The number of fused-ring (bicyclic) bond motifs is 1. The van der Waals surface area contributed by atoms with Crippen LogP contribution in [-0.4, -0.2) is 62.2 Å². The van der Waals surface area contributed by atoms with E-state index < -0.39 is 34.1 Å². The smallest absolute Gasteiger partial charge is 0.244 e. The highest BCUT2D eigenvalue weighted by molar-refractivity contribution is 7.92. The van der Waals surface area contributed by atoms with Crippen molar-refractivity contribution in [3.63, 3.8) is 0 Å². The van der Waals surface area contributed by atoms with Crippen molar-refractivity contribution in [1.29, 1.82) is 0 Å². The third-order valence-corrected chi connectivity index (χ3v) is 8.82. The number of rotatable bonds is 11. The van der Waals surface area contributed by atoms with E-state index >= 15 is 0 Å². The lowest BCUT2D eigenvalue weighted by Gasteiger charge is -2.35. The molecule has 230 valence electrons. The van der Waals surface area contributed by atoms with Crippen molar-refractivity contribution < 1.29 is 27.5 Å². The summed E-state index contributed by atoms with van der Waals surface area (Å²) in [6.07, 6.45) is 0.229. The van der Waals surface area contributed by atoms with Gasteiger partial charge in [0.1, 0.15) is 25.8 Å². The van der Waals surface area contributed by atoms with Crippen molar-refractivity contribution in [2.24, 2.45) is 0 Å². The van der Waals surface area contributed by atoms with Crippen molar-refractivity contribution in [1.82, 2.24) is 10.2 Å². The molecule has 1 aliphatic rings. The Morgan fingerprint density at radius 2 is 1.58 bits per heavy atom. The van der Waals surface area contributed by atoms with Crippen LogP contribution in [0.1, 0.15) is 38.8 Å². The quantitative estimate of drug-likeness (QED) is 0.327. The molecule has 1 atom stereocenters. The minimum absolute atomic E-state index is 0.0617. The Balaban J connectivity index is 1.76. The van der Waals surface area contributed by atoms with Gasteiger partial charge in [-0.05, 0) is 63.1 Å². The van der Waals surface area contributed by atoms with Crippen molar-refractivity contribution in [3.8, 4) is 11.5 Å². The molecular formula is C32H38ClN3O6S. The van der Waals surface area contributed by atoms with Crippen LogP contribution in [0.25, 0.3) is 0 Å². The molecule has 1 aliphatic heterocycles. The van der Waals surface area contributed by atoms with E-state index in [1.165, 1.54) is 11.8 Å². The van der Waals surface area contributed by atoms with E-state index in [0.717, 1.165) is 15.4 Å². The van der Waals surface area contributed by atoms with Crippen molar-refractivity contribution in [2.45, 2.75) is 52.2 Å². The van der Waals surface area contributed by atoms with Crippen LogP contribution in [-0.2, 0) is 32.6 Å². The van der Waals surface area contributed by atoms with E-state index in [1.54, 1.807) is 42.5 Å². The van der Waals surface area contributed by atoms with E-state index in [0.29, 0.717) is 29.7 Å². The second-order valence-corrected chi connectivity index (χ2v) is 13.9. The monoisotopic (exact) mass is 627 g/mol. The van der Waals surface area contributed by atoms with E-state index in [2.05, 4.69) is 5.32 Å². The first-order chi connectivity index (χ1) is 20.4. The average molecular weight is 628 g/mol. The highest BCUT2D eigenvalue weighted by atomic mass is 35.5. The number of halogens is 1. The Hall–Kier alpha value is -3.76. The lowest BCUT2D eigenvalue weighted by atomic mass is 10.0. The number of hydrogen-bond acceptors (Lipinski definition) is 6. The summed E-state index contributed by atoms with van der Waals surface area (Å²) in [5.41, 5.74) is 1.30. The number of carbonyl (C=O) groups excluding carboxylic acids is 2. The number of carbonyl (C=O) groups is 2. The maximum atomic E-state index is 14.3. The summed E-state index contributed by atoms with van der Waals surface area (Å²) in [6.45, 7) is 7.39. The predicted molar refractivity (Wildman–Crippen MR) is 168 cm³/mol. The molecule has 0 saturated carbocycles. The highest BCUT2D eigenvalue weighted by Crippen LogP contribution is 2.35. The number of benzene rings is 3. The topological polar surface area (TPSA) is 105 Å². The number of hydrogen-bond donors (Lipinski definition) is 1. The van der Waals surface area contributed by atoms with Crippen molar-refractivity contribution >= 4 is 39.1 Å². The van der Waals surface area contributed by atoms with Gasteiger partial charge in [-0.2, -0.15) is 0 Å². The van der Waals surface area contributed by atoms with Crippen LogP contribution in [0.5, 0.6) is 11.5 Å². The number of ether oxygens (including phenoxy) is 2. The summed E-state index contributed by atoms with van der Waals surface area (Å²) in [6, 6.07) is 20.3. The Morgan fingerprint density at radius 3 is 2.21 bits per heavy atom. The lowest BCUT2D eigenvalue weighted by molar-refractivity contribution is -0.140. The number of sulfonamides is 1.